The van der Waals surface area contributed by atoms with Crippen LogP contribution in [0.1, 0.15) is 10.4 Å². The fourth-order valence-corrected chi connectivity index (χ4v) is 1.83. The first-order valence-corrected chi connectivity index (χ1v) is 6.50. The molecule has 0 unspecified atom stereocenters. The normalized spacial score (nSPS) is 10.5. The van der Waals surface area contributed by atoms with Crippen molar-refractivity contribution in [3.63, 3.8) is 0 Å². The van der Waals surface area contributed by atoms with E-state index in [1.807, 2.05) is 30.3 Å². The number of methoxy groups -OCH3 is 3. The number of hydrogen-bond acceptors (Lipinski definition) is 6. The maximum atomic E-state index is 11.7. The number of hydrogen-bond donors (Lipinski definition) is 0. The van der Waals surface area contributed by atoms with Crippen molar-refractivity contribution in [2.45, 2.75) is 0 Å². The minimum atomic E-state index is -0.483. The zero-order valence-corrected chi connectivity index (χ0v) is 12.6. The molecule has 2 rings (SSSR count). The summed E-state index contributed by atoms with van der Waals surface area (Å²) >= 11 is 0. The van der Waals surface area contributed by atoms with Gasteiger partial charge in [0.1, 0.15) is 0 Å². The average Bonchev–Trinajstić information content (AvgIpc) is 2.59. The molecule has 114 valence electrons. The van der Waals surface area contributed by atoms with Gasteiger partial charge in [-0.1, -0.05) is 18.2 Å². The lowest BCUT2D eigenvalue weighted by atomic mass is 10.1. The van der Waals surface area contributed by atoms with E-state index in [9.17, 15) is 4.79 Å². The lowest BCUT2D eigenvalue weighted by molar-refractivity contribution is 0.0600. The largest absolute Gasteiger partial charge is 0.494 e. The highest BCUT2D eigenvalue weighted by molar-refractivity contribution is 5.91. The highest BCUT2D eigenvalue weighted by atomic mass is 16.5. The second-order valence-electron chi connectivity index (χ2n) is 4.26. The van der Waals surface area contributed by atoms with Gasteiger partial charge >= 0.3 is 5.97 Å². The molecule has 6 nitrogen and oxygen atoms in total. The standard InChI is InChI=1S/C16H16N2O4/c1-20-13-9-11(16(19)22-3)10-14(21-2)15(13)18-17-12-7-5-4-6-8-12/h4-10H,1-3H3/b18-17+. The zero-order chi connectivity index (χ0) is 15.9. The Bertz CT molecular complexity index is 659. The van der Waals surface area contributed by atoms with Gasteiger partial charge in [-0.3, -0.25) is 0 Å². The van der Waals surface area contributed by atoms with Crippen molar-refractivity contribution in [3.8, 4) is 11.5 Å². The number of benzene rings is 2. The van der Waals surface area contributed by atoms with Crippen LogP contribution in [0.4, 0.5) is 11.4 Å². The molecule has 0 spiro atoms. The van der Waals surface area contributed by atoms with E-state index in [1.165, 1.54) is 33.5 Å². The second-order valence-corrected chi connectivity index (χ2v) is 4.26. The molecule has 22 heavy (non-hydrogen) atoms. The van der Waals surface area contributed by atoms with Crippen LogP contribution >= 0.6 is 0 Å². The maximum Gasteiger partial charge on any atom is 0.338 e. The Balaban J connectivity index is 2.45. The summed E-state index contributed by atoms with van der Waals surface area (Å²) in [6.07, 6.45) is 0. The number of rotatable bonds is 5. The summed E-state index contributed by atoms with van der Waals surface area (Å²) in [5.41, 5.74) is 1.42. The van der Waals surface area contributed by atoms with E-state index in [0.29, 0.717) is 28.4 Å². The Hall–Kier alpha value is -2.89. The van der Waals surface area contributed by atoms with Gasteiger partial charge in [-0.05, 0) is 24.3 Å². The van der Waals surface area contributed by atoms with Gasteiger partial charge in [0.05, 0.1) is 32.6 Å². The van der Waals surface area contributed by atoms with E-state index >= 15 is 0 Å². The number of azo groups is 1. The second kappa shape index (κ2) is 7.21. The van der Waals surface area contributed by atoms with Crippen LogP contribution in [0.2, 0.25) is 0 Å². The monoisotopic (exact) mass is 300 g/mol. The van der Waals surface area contributed by atoms with Crippen molar-refractivity contribution in [1.82, 2.24) is 0 Å². The summed E-state index contributed by atoms with van der Waals surface area (Å²) in [5, 5.41) is 8.30. The Morgan fingerprint density at radius 2 is 1.50 bits per heavy atom. The van der Waals surface area contributed by atoms with Crippen molar-refractivity contribution in [2.75, 3.05) is 21.3 Å². The summed E-state index contributed by atoms with van der Waals surface area (Å²) in [7, 11) is 4.28. The van der Waals surface area contributed by atoms with E-state index in [-0.39, 0.29) is 0 Å². The summed E-state index contributed by atoms with van der Waals surface area (Å²) in [6, 6.07) is 12.3. The molecule has 2 aromatic rings. The lowest BCUT2D eigenvalue weighted by Gasteiger charge is -2.10. The van der Waals surface area contributed by atoms with Crippen LogP contribution in [0.3, 0.4) is 0 Å². The summed E-state index contributed by atoms with van der Waals surface area (Å²) < 4.78 is 15.2. The molecule has 2 aromatic carbocycles. The first-order valence-electron chi connectivity index (χ1n) is 6.50. The highest BCUT2D eigenvalue weighted by Gasteiger charge is 2.16. The van der Waals surface area contributed by atoms with Crippen molar-refractivity contribution >= 4 is 17.3 Å². The smallest absolute Gasteiger partial charge is 0.338 e. The van der Waals surface area contributed by atoms with Crippen LogP contribution in [0.25, 0.3) is 0 Å². The fourth-order valence-electron chi connectivity index (χ4n) is 1.83. The molecule has 0 saturated carbocycles. The van der Waals surface area contributed by atoms with Gasteiger partial charge in [-0.25, -0.2) is 4.79 Å². The Morgan fingerprint density at radius 1 is 0.909 bits per heavy atom. The third-order valence-corrected chi connectivity index (χ3v) is 2.92. The number of nitrogens with zero attached hydrogens (tertiary/aromatic N) is 2. The molecule has 0 aliphatic rings. The number of carbonyl (C=O) groups is 1. The molecule has 0 N–H and O–H groups in total. The average molecular weight is 300 g/mol. The third-order valence-electron chi connectivity index (χ3n) is 2.92. The van der Waals surface area contributed by atoms with Crippen LogP contribution < -0.4 is 9.47 Å². The number of ether oxygens (including phenoxy) is 3. The Morgan fingerprint density at radius 3 is 2.00 bits per heavy atom. The molecule has 0 aliphatic carbocycles. The first-order chi connectivity index (χ1) is 10.7. The quantitative estimate of drug-likeness (QED) is 0.620. The Labute approximate surface area is 128 Å². The summed E-state index contributed by atoms with van der Waals surface area (Å²) in [4.78, 5) is 11.7. The molecule has 0 aliphatic heterocycles. The maximum absolute atomic E-state index is 11.7. The van der Waals surface area contributed by atoms with Crippen LogP contribution in [0, 0.1) is 0 Å². The number of esters is 1. The van der Waals surface area contributed by atoms with E-state index < -0.39 is 5.97 Å². The fraction of sp³-hybridized carbons (Fsp3) is 0.188. The van der Waals surface area contributed by atoms with Crippen LogP contribution in [0.15, 0.2) is 52.7 Å². The molecular formula is C16H16N2O4. The van der Waals surface area contributed by atoms with Crippen molar-refractivity contribution < 1.29 is 19.0 Å². The molecule has 0 heterocycles. The molecule has 0 radical (unpaired) electrons. The highest BCUT2D eigenvalue weighted by Crippen LogP contribution is 2.39. The summed E-state index contributed by atoms with van der Waals surface area (Å²) in [6.45, 7) is 0. The van der Waals surface area contributed by atoms with E-state index in [4.69, 9.17) is 14.2 Å². The van der Waals surface area contributed by atoms with Crippen molar-refractivity contribution in [2.24, 2.45) is 10.2 Å². The molecule has 0 fully saturated rings. The predicted octanol–water partition coefficient (Wildman–Crippen LogP) is 3.91. The van der Waals surface area contributed by atoms with Crippen LogP contribution in [-0.2, 0) is 4.74 Å². The van der Waals surface area contributed by atoms with Gasteiger partial charge in [0, 0.05) is 0 Å². The first kappa shape index (κ1) is 15.5. The van der Waals surface area contributed by atoms with E-state index in [1.54, 1.807) is 0 Å². The molecule has 0 amide bonds. The van der Waals surface area contributed by atoms with Gasteiger partial charge in [-0.15, -0.1) is 5.11 Å². The van der Waals surface area contributed by atoms with Gasteiger partial charge < -0.3 is 14.2 Å². The minimum Gasteiger partial charge on any atom is -0.494 e. The lowest BCUT2D eigenvalue weighted by Crippen LogP contribution is -2.02. The predicted molar refractivity (Wildman–Crippen MR) is 81.5 cm³/mol. The van der Waals surface area contributed by atoms with E-state index in [0.717, 1.165) is 0 Å². The molecule has 0 saturated heterocycles. The Kier molecular flexibility index (Phi) is 5.08. The summed E-state index contributed by atoms with van der Waals surface area (Å²) in [5.74, 6) is 0.266. The zero-order valence-electron chi connectivity index (χ0n) is 12.6. The molecular weight excluding hydrogens is 284 g/mol. The van der Waals surface area contributed by atoms with Crippen molar-refractivity contribution in [3.05, 3.63) is 48.0 Å². The van der Waals surface area contributed by atoms with Gasteiger partial charge in [0.25, 0.3) is 0 Å². The molecule has 0 atom stereocenters. The topological polar surface area (TPSA) is 69.5 Å². The van der Waals surface area contributed by atoms with Gasteiger partial charge in [-0.2, -0.15) is 5.11 Å². The molecule has 0 aromatic heterocycles. The van der Waals surface area contributed by atoms with E-state index in [2.05, 4.69) is 10.2 Å². The minimum absolute atomic E-state index is 0.315. The van der Waals surface area contributed by atoms with Crippen LogP contribution in [-0.4, -0.2) is 27.3 Å². The SMILES string of the molecule is COC(=O)c1cc(OC)c(/N=N/c2ccccc2)c(OC)c1. The van der Waals surface area contributed by atoms with Crippen molar-refractivity contribution in [1.29, 1.82) is 0 Å². The number of carbonyl (C=O) groups excluding carboxylic acids is 1. The molecule has 6 heteroatoms. The van der Waals surface area contributed by atoms with Gasteiger partial charge in [0.15, 0.2) is 17.2 Å². The van der Waals surface area contributed by atoms with Crippen LogP contribution in [0.5, 0.6) is 11.5 Å². The molecule has 0 bridgehead atoms. The third kappa shape index (κ3) is 3.41. The van der Waals surface area contributed by atoms with Gasteiger partial charge in [0.2, 0.25) is 0 Å².